The molecule has 2 unspecified atom stereocenters. The highest BCUT2D eigenvalue weighted by atomic mass is 16.1. The van der Waals surface area contributed by atoms with Crippen LogP contribution in [0.25, 0.3) is 0 Å². The minimum absolute atomic E-state index is 0.0291. The first kappa shape index (κ1) is 11.7. The molecule has 0 amide bonds. The Hall–Kier alpha value is -0.370. The van der Waals surface area contributed by atoms with Crippen LogP contribution in [0.2, 0.25) is 0 Å². The number of hydrogen-bond acceptors (Lipinski definition) is 2. The summed E-state index contributed by atoms with van der Waals surface area (Å²) in [6.45, 7) is 8.52. The zero-order valence-corrected chi connectivity index (χ0v) is 9.89. The zero-order chi connectivity index (χ0) is 11.0. The molecule has 0 heterocycles. The molecule has 14 heavy (non-hydrogen) atoms. The summed E-state index contributed by atoms with van der Waals surface area (Å²) in [4.78, 5) is 11.9. The fraction of sp³-hybridized carbons (Fsp3) is 0.917. The van der Waals surface area contributed by atoms with Crippen LogP contribution in [-0.2, 0) is 4.79 Å². The fourth-order valence-corrected chi connectivity index (χ4v) is 2.82. The second kappa shape index (κ2) is 3.65. The molecule has 0 aromatic heterocycles. The van der Waals surface area contributed by atoms with Crippen LogP contribution in [0.1, 0.15) is 53.4 Å². The summed E-state index contributed by atoms with van der Waals surface area (Å²) < 4.78 is 0. The van der Waals surface area contributed by atoms with E-state index in [4.69, 9.17) is 5.73 Å². The summed E-state index contributed by atoms with van der Waals surface area (Å²) >= 11 is 0. The molecule has 0 aromatic rings. The quantitative estimate of drug-likeness (QED) is 0.755. The van der Waals surface area contributed by atoms with Gasteiger partial charge in [0.25, 0.3) is 0 Å². The van der Waals surface area contributed by atoms with Gasteiger partial charge in [0.2, 0.25) is 0 Å². The van der Waals surface area contributed by atoms with Crippen molar-refractivity contribution in [2.75, 3.05) is 0 Å². The molecule has 0 bridgehead atoms. The number of carbonyl (C=O) groups excluding carboxylic acids is 1. The maximum atomic E-state index is 11.9. The van der Waals surface area contributed by atoms with Crippen molar-refractivity contribution in [1.82, 2.24) is 0 Å². The van der Waals surface area contributed by atoms with E-state index in [9.17, 15) is 4.79 Å². The van der Waals surface area contributed by atoms with E-state index in [1.807, 2.05) is 0 Å². The van der Waals surface area contributed by atoms with E-state index in [0.717, 1.165) is 19.3 Å². The molecule has 0 aromatic carbocycles. The molecule has 1 fully saturated rings. The predicted molar refractivity (Wildman–Crippen MR) is 59.0 cm³/mol. The van der Waals surface area contributed by atoms with Gasteiger partial charge in [0.05, 0.1) is 5.54 Å². The third kappa shape index (κ3) is 1.50. The number of nitrogens with two attached hydrogens (primary N) is 1. The molecule has 1 rings (SSSR count). The first-order valence-corrected chi connectivity index (χ1v) is 5.68. The van der Waals surface area contributed by atoms with Gasteiger partial charge < -0.3 is 5.73 Å². The summed E-state index contributed by atoms with van der Waals surface area (Å²) in [6.07, 6.45) is 3.75. The Kier molecular flexibility index (Phi) is 3.05. The van der Waals surface area contributed by atoms with Crippen molar-refractivity contribution in [3.05, 3.63) is 0 Å². The molecule has 1 saturated carbocycles. The van der Waals surface area contributed by atoms with Crippen molar-refractivity contribution < 1.29 is 4.79 Å². The van der Waals surface area contributed by atoms with E-state index < -0.39 is 5.54 Å². The third-order valence-electron chi connectivity index (χ3n) is 4.06. The molecule has 2 atom stereocenters. The average molecular weight is 197 g/mol. The number of ketones is 1. The van der Waals surface area contributed by atoms with Gasteiger partial charge in [0, 0.05) is 6.42 Å². The third-order valence-corrected chi connectivity index (χ3v) is 4.06. The van der Waals surface area contributed by atoms with E-state index >= 15 is 0 Å². The molecular weight excluding hydrogens is 174 g/mol. The van der Waals surface area contributed by atoms with E-state index in [1.165, 1.54) is 0 Å². The van der Waals surface area contributed by atoms with Gasteiger partial charge in [-0.3, -0.25) is 4.79 Å². The Bertz CT molecular complexity index is 234. The summed E-state index contributed by atoms with van der Waals surface area (Å²) in [5, 5.41) is 0. The van der Waals surface area contributed by atoms with Gasteiger partial charge >= 0.3 is 0 Å². The second-order valence-corrected chi connectivity index (χ2v) is 5.37. The molecule has 1 aliphatic rings. The lowest BCUT2D eigenvalue weighted by Crippen LogP contribution is -2.58. The Morgan fingerprint density at radius 2 is 2.07 bits per heavy atom. The van der Waals surface area contributed by atoms with Gasteiger partial charge in [0.15, 0.2) is 5.78 Å². The highest BCUT2D eigenvalue weighted by molar-refractivity contribution is 5.91. The number of Topliss-reactive ketones (excluding diaryl/α,β-unsaturated/α-hetero) is 1. The standard InChI is InChI=1S/C12H23NO/c1-5-6-9(2)12(13)10(14)7-8-11(12,3)4/h9H,5-8,13H2,1-4H3. The lowest BCUT2D eigenvalue weighted by molar-refractivity contribution is -0.125. The Morgan fingerprint density at radius 1 is 1.50 bits per heavy atom. The van der Waals surface area contributed by atoms with Crippen LogP contribution in [0.5, 0.6) is 0 Å². The van der Waals surface area contributed by atoms with Crippen molar-refractivity contribution in [3.8, 4) is 0 Å². The molecule has 0 spiro atoms. The van der Waals surface area contributed by atoms with Crippen LogP contribution in [0, 0.1) is 11.3 Å². The molecule has 0 aliphatic heterocycles. The first-order chi connectivity index (χ1) is 6.36. The van der Waals surface area contributed by atoms with Gasteiger partial charge in [-0.15, -0.1) is 0 Å². The zero-order valence-electron chi connectivity index (χ0n) is 9.89. The van der Waals surface area contributed by atoms with E-state index in [-0.39, 0.29) is 11.2 Å². The van der Waals surface area contributed by atoms with Gasteiger partial charge in [-0.05, 0) is 24.2 Å². The van der Waals surface area contributed by atoms with Crippen molar-refractivity contribution >= 4 is 5.78 Å². The summed E-state index contributed by atoms with van der Waals surface area (Å²) in [6, 6.07) is 0. The normalized spacial score (nSPS) is 33.4. The molecule has 2 heteroatoms. The Balaban J connectivity index is 2.94. The van der Waals surface area contributed by atoms with Gasteiger partial charge in [0.1, 0.15) is 0 Å². The molecule has 2 N–H and O–H groups in total. The maximum absolute atomic E-state index is 11.9. The van der Waals surface area contributed by atoms with Gasteiger partial charge in [-0.25, -0.2) is 0 Å². The average Bonchev–Trinajstić information content (AvgIpc) is 2.31. The fourth-order valence-electron chi connectivity index (χ4n) is 2.82. The van der Waals surface area contributed by atoms with Crippen molar-refractivity contribution in [2.24, 2.45) is 17.1 Å². The van der Waals surface area contributed by atoms with Gasteiger partial charge in [-0.1, -0.05) is 34.1 Å². The van der Waals surface area contributed by atoms with Crippen molar-refractivity contribution in [2.45, 2.75) is 58.9 Å². The maximum Gasteiger partial charge on any atom is 0.153 e. The molecule has 0 saturated heterocycles. The Morgan fingerprint density at radius 3 is 2.43 bits per heavy atom. The monoisotopic (exact) mass is 197 g/mol. The highest BCUT2D eigenvalue weighted by Gasteiger charge is 2.54. The van der Waals surface area contributed by atoms with Crippen LogP contribution in [0.4, 0.5) is 0 Å². The summed E-state index contributed by atoms with van der Waals surface area (Å²) in [5.74, 6) is 0.570. The number of rotatable bonds is 3. The number of carbonyl (C=O) groups is 1. The number of hydrogen-bond donors (Lipinski definition) is 1. The largest absolute Gasteiger partial charge is 0.318 e. The topological polar surface area (TPSA) is 43.1 Å². The minimum atomic E-state index is -0.580. The predicted octanol–water partition coefficient (Wildman–Crippen LogP) is 2.51. The highest BCUT2D eigenvalue weighted by Crippen LogP contribution is 2.47. The van der Waals surface area contributed by atoms with Crippen LogP contribution in [0.15, 0.2) is 0 Å². The van der Waals surface area contributed by atoms with Crippen molar-refractivity contribution in [3.63, 3.8) is 0 Å². The minimum Gasteiger partial charge on any atom is -0.318 e. The summed E-state index contributed by atoms with van der Waals surface area (Å²) in [7, 11) is 0. The molecule has 2 nitrogen and oxygen atoms in total. The lowest BCUT2D eigenvalue weighted by Gasteiger charge is -2.41. The van der Waals surface area contributed by atoms with E-state index in [2.05, 4.69) is 27.7 Å². The van der Waals surface area contributed by atoms with Crippen LogP contribution in [0.3, 0.4) is 0 Å². The second-order valence-electron chi connectivity index (χ2n) is 5.37. The molecule has 0 radical (unpaired) electrons. The molecule has 82 valence electrons. The van der Waals surface area contributed by atoms with Crippen molar-refractivity contribution in [1.29, 1.82) is 0 Å². The van der Waals surface area contributed by atoms with Crippen LogP contribution < -0.4 is 5.73 Å². The van der Waals surface area contributed by atoms with Crippen LogP contribution >= 0.6 is 0 Å². The smallest absolute Gasteiger partial charge is 0.153 e. The lowest BCUT2D eigenvalue weighted by atomic mass is 9.67. The molecule has 1 aliphatic carbocycles. The van der Waals surface area contributed by atoms with Gasteiger partial charge in [-0.2, -0.15) is 0 Å². The van der Waals surface area contributed by atoms with E-state index in [1.54, 1.807) is 0 Å². The first-order valence-electron chi connectivity index (χ1n) is 5.68. The van der Waals surface area contributed by atoms with Crippen LogP contribution in [-0.4, -0.2) is 11.3 Å². The molecular formula is C12H23NO. The Labute approximate surface area is 87.2 Å². The summed E-state index contributed by atoms with van der Waals surface area (Å²) in [5.41, 5.74) is 5.75. The SMILES string of the molecule is CCCC(C)C1(N)C(=O)CCC1(C)C. The van der Waals surface area contributed by atoms with E-state index in [0.29, 0.717) is 12.3 Å².